The minimum atomic E-state index is -0.255. The van der Waals surface area contributed by atoms with Gasteiger partial charge in [0.25, 0.3) is 0 Å². The predicted molar refractivity (Wildman–Crippen MR) is 78.6 cm³/mol. The molecule has 0 N–H and O–H groups in total. The number of rotatable bonds is 3. The highest BCUT2D eigenvalue weighted by Crippen LogP contribution is 2.29. The van der Waals surface area contributed by atoms with E-state index < -0.39 is 0 Å². The van der Waals surface area contributed by atoms with Crippen LogP contribution in [-0.4, -0.2) is 27.4 Å². The van der Waals surface area contributed by atoms with E-state index in [1.807, 2.05) is 6.07 Å². The number of aromatic nitrogens is 2. The van der Waals surface area contributed by atoms with Crippen molar-refractivity contribution in [3.05, 3.63) is 45.5 Å². The van der Waals surface area contributed by atoms with E-state index in [1.165, 1.54) is 0 Å². The number of nitrogens with zero attached hydrogens (tertiary/aromatic N) is 2. The second-order valence-corrected chi connectivity index (χ2v) is 6.35. The fraction of sp³-hybridized carbons (Fsp3) is 0.308. The first-order valence-electron chi connectivity index (χ1n) is 6.00. The van der Waals surface area contributed by atoms with Crippen LogP contribution in [0.5, 0.6) is 0 Å². The summed E-state index contributed by atoms with van der Waals surface area (Å²) in [5.41, 5.74) is 0.943. The van der Waals surface area contributed by atoms with Crippen molar-refractivity contribution in [3.63, 3.8) is 0 Å². The number of halogens is 2. The van der Waals surface area contributed by atoms with Crippen LogP contribution in [0.4, 0.5) is 0 Å². The van der Waals surface area contributed by atoms with E-state index in [0.29, 0.717) is 39.7 Å². The molecule has 1 unspecified atom stereocenters. The molecule has 20 heavy (non-hydrogen) atoms. The molecule has 1 aromatic heterocycles. The molecule has 0 aliphatic carbocycles. The Bertz CT molecular complexity index is 660. The minimum absolute atomic E-state index is 0.153. The highest BCUT2D eigenvalue weighted by atomic mass is 35.5. The SMILES string of the molecule is O=C1CSCC1c1nc(Cc2ccc(Cl)c(Cl)c2)no1. The van der Waals surface area contributed by atoms with Crippen LogP contribution in [0.15, 0.2) is 22.7 Å². The lowest BCUT2D eigenvalue weighted by atomic mass is 10.1. The van der Waals surface area contributed by atoms with E-state index in [0.717, 1.165) is 5.56 Å². The third-order valence-corrected chi connectivity index (χ3v) is 4.84. The molecular formula is C13H10Cl2N2O2S. The van der Waals surface area contributed by atoms with Gasteiger partial charge in [0.15, 0.2) is 11.6 Å². The number of ketones is 1. The van der Waals surface area contributed by atoms with Gasteiger partial charge in [-0.15, -0.1) is 0 Å². The summed E-state index contributed by atoms with van der Waals surface area (Å²) in [4.78, 5) is 15.9. The van der Waals surface area contributed by atoms with E-state index >= 15 is 0 Å². The van der Waals surface area contributed by atoms with Gasteiger partial charge in [0.05, 0.1) is 15.8 Å². The van der Waals surface area contributed by atoms with E-state index in [4.69, 9.17) is 27.7 Å². The molecule has 2 heterocycles. The number of benzene rings is 1. The van der Waals surface area contributed by atoms with Crippen LogP contribution in [-0.2, 0) is 11.2 Å². The van der Waals surface area contributed by atoms with Crippen molar-refractivity contribution in [2.75, 3.05) is 11.5 Å². The summed E-state index contributed by atoms with van der Waals surface area (Å²) in [6.07, 6.45) is 0.494. The van der Waals surface area contributed by atoms with Crippen molar-refractivity contribution < 1.29 is 9.32 Å². The first-order chi connectivity index (χ1) is 9.63. The normalized spacial score (nSPS) is 18.7. The number of thioether (sulfide) groups is 1. The number of hydrogen-bond donors (Lipinski definition) is 0. The quantitative estimate of drug-likeness (QED) is 0.864. The van der Waals surface area contributed by atoms with Gasteiger partial charge in [-0.3, -0.25) is 4.79 Å². The zero-order valence-electron chi connectivity index (χ0n) is 10.3. The third-order valence-electron chi connectivity index (χ3n) is 3.05. The Balaban J connectivity index is 1.76. The Hall–Kier alpha value is -1.04. The summed E-state index contributed by atoms with van der Waals surface area (Å²) in [5.74, 6) is 2.09. The Labute approximate surface area is 129 Å². The van der Waals surface area contributed by atoms with Crippen molar-refractivity contribution >= 4 is 40.7 Å². The van der Waals surface area contributed by atoms with Crippen molar-refractivity contribution in [1.29, 1.82) is 0 Å². The fourth-order valence-corrected chi connectivity index (χ4v) is 3.40. The maximum Gasteiger partial charge on any atom is 0.238 e. The standard InChI is InChI=1S/C13H10Cl2N2O2S/c14-9-2-1-7(3-10(9)15)4-12-16-13(19-17-12)8-5-20-6-11(8)18/h1-3,8H,4-6H2. The lowest BCUT2D eigenvalue weighted by molar-refractivity contribution is -0.117. The number of Topliss-reactive ketones (excluding diaryl/α,β-unsaturated/α-hetero) is 1. The average Bonchev–Trinajstić information content (AvgIpc) is 3.03. The molecule has 0 spiro atoms. The van der Waals surface area contributed by atoms with Crippen LogP contribution in [0.25, 0.3) is 0 Å². The maximum absolute atomic E-state index is 11.6. The third kappa shape index (κ3) is 2.85. The molecule has 1 atom stereocenters. The summed E-state index contributed by atoms with van der Waals surface area (Å²) in [6.45, 7) is 0. The zero-order valence-corrected chi connectivity index (χ0v) is 12.6. The van der Waals surface area contributed by atoms with Crippen LogP contribution in [0.3, 0.4) is 0 Å². The maximum atomic E-state index is 11.6. The summed E-state index contributed by atoms with van der Waals surface area (Å²) >= 11 is 13.4. The van der Waals surface area contributed by atoms with Gasteiger partial charge in [0.2, 0.25) is 5.89 Å². The zero-order chi connectivity index (χ0) is 14.1. The summed E-state index contributed by atoms with van der Waals surface area (Å²) in [6, 6.07) is 5.37. The molecule has 0 saturated carbocycles. The van der Waals surface area contributed by atoms with Crippen molar-refractivity contribution in [3.8, 4) is 0 Å². The van der Waals surface area contributed by atoms with Gasteiger partial charge in [-0.25, -0.2) is 0 Å². The van der Waals surface area contributed by atoms with Crippen molar-refractivity contribution in [1.82, 2.24) is 10.1 Å². The second-order valence-electron chi connectivity index (χ2n) is 4.51. The van der Waals surface area contributed by atoms with E-state index in [2.05, 4.69) is 10.1 Å². The van der Waals surface area contributed by atoms with E-state index in [-0.39, 0.29) is 11.7 Å². The molecule has 104 valence electrons. The number of carbonyl (C=O) groups excluding carboxylic acids is 1. The highest BCUT2D eigenvalue weighted by molar-refractivity contribution is 8.00. The molecule has 7 heteroatoms. The van der Waals surface area contributed by atoms with Gasteiger partial charge < -0.3 is 4.52 Å². The van der Waals surface area contributed by atoms with Gasteiger partial charge >= 0.3 is 0 Å². The molecule has 1 fully saturated rings. The molecule has 2 aromatic rings. The summed E-state index contributed by atoms with van der Waals surface area (Å²) in [7, 11) is 0. The molecule has 3 rings (SSSR count). The molecule has 1 aliphatic heterocycles. The Morgan fingerprint density at radius 1 is 1.35 bits per heavy atom. The van der Waals surface area contributed by atoms with Crippen molar-refractivity contribution in [2.24, 2.45) is 0 Å². The largest absolute Gasteiger partial charge is 0.339 e. The molecule has 1 aromatic carbocycles. The highest BCUT2D eigenvalue weighted by Gasteiger charge is 2.31. The lowest BCUT2D eigenvalue weighted by Gasteiger charge is -2.00. The first kappa shape index (κ1) is 13.9. The summed E-state index contributed by atoms with van der Waals surface area (Å²) < 4.78 is 5.19. The number of hydrogen-bond acceptors (Lipinski definition) is 5. The van der Waals surface area contributed by atoms with Gasteiger partial charge in [-0.2, -0.15) is 16.7 Å². The Morgan fingerprint density at radius 2 is 2.20 bits per heavy atom. The molecule has 0 amide bonds. The van der Waals surface area contributed by atoms with Gasteiger partial charge in [0, 0.05) is 12.2 Å². The Kier molecular flexibility index (Phi) is 4.01. The monoisotopic (exact) mass is 328 g/mol. The van der Waals surface area contributed by atoms with Gasteiger partial charge in [0.1, 0.15) is 5.92 Å². The first-order valence-corrected chi connectivity index (χ1v) is 7.91. The van der Waals surface area contributed by atoms with Gasteiger partial charge in [-0.1, -0.05) is 34.4 Å². The lowest BCUT2D eigenvalue weighted by Crippen LogP contribution is -2.09. The second kappa shape index (κ2) is 5.76. The molecular weight excluding hydrogens is 319 g/mol. The van der Waals surface area contributed by atoms with Crippen LogP contribution in [0, 0.1) is 0 Å². The minimum Gasteiger partial charge on any atom is -0.339 e. The molecule has 0 radical (unpaired) electrons. The van der Waals surface area contributed by atoms with Crippen LogP contribution >= 0.6 is 35.0 Å². The van der Waals surface area contributed by atoms with E-state index in [9.17, 15) is 4.79 Å². The molecule has 0 bridgehead atoms. The average molecular weight is 329 g/mol. The molecule has 4 nitrogen and oxygen atoms in total. The smallest absolute Gasteiger partial charge is 0.238 e. The predicted octanol–water partition coefficient (Wildman–Crippen LogP) is 3.37. The molecule has 1 aliphatic rings. The fourth-order valence-electron chi connectivity index (χ4n) is 1.99. The van der Waals surface area contributed by atoms with Gasteiger partial charge in [-0.05, 0) is 17.7 Å². The summed E-state index contributed by atoms with van der Waals surface area (Å²) in [5, 5.41) is 4.93. The van der Waals surface area contributed by atoms with Crippen LogP contribution < -0.4 is 0 Å². The number of carbonyl (C=O) groups is 1. The molecule has 1 saturated heterocycles. The topological polar surface area (TPSA) is 56.0 Å². The van der Waals surface area contributed by atoms with Crippen molar-refractivity contribution in [2.45, 2.75) is 12.3 Å². The van der Waals surface area contributed by atoms with Crippen LogP contribution in [0.2, 0.25) is 10.0 Å². The Morgan fingerprint density at radius 3 is 2.90 bits per heavy atom. The van der Waals surface area contributed by atoms with E-state index in [1.54, 1.807) is 23.9 Å². The van der Waals surface area contributed by atoms with Crippen LogP contribution in [0.1, 0.15) is 23.2 Å².